The first kappa shape index (κ1) is 32.1. The molecular weight excluding hydrogens is 550 g/mol. The number of benzene rings is 2. The lowest BCUT2D eigenvalue weighted by atomic mass is 10.0. The molecule has 0 radical (unpaired) electrons. The number of rotatable bonds is 14. The summed E-state index contributed by atoms with van der Waals surface area (Å²) in [4.78, 5) is 25.8. The highest BCUT2D eigenvalue weighted by Crippen LogP contribution is 2.21. The Morgan fingerprint density at radius 1 is 1.07 bits per heavy atom. The zero-order valence-corrected chi connectivity index (χ0v) is 24.3. The Hall–Kier alpha value is -3.39. The average Bonchev–Trinajstić information content (AvgIpc) is 3.44. The number of hydrogen-bond acceptors (Lipinski definition) is 9. The van der Waals surface area contributed by atoms with Crippen molar-refractivity contribution < 1.29 is 32.2 Å². The van der Waals surface area contributed by atoms with Crippen molar-refractivity contribution in [1.82, 2.24) is 14.9 Å². The van der Waals surface area contributed by atoms with E-state index in [-0.39, 0.29) is 43.4 Å². The van der Waals surface area contributed by atoms with Crippen molar-refractivity contribution in [1.29, 1.82) is 0 Å². The molecule has 0 aliphatic carbocycles. The molecule has 0 unspecified atom stereocenters. The minimum Gasteiger partial charge on any atom is -0.444 e. The Morgan fingerprint density at radius 3 is 2.39 bits per heavy atom. The van der Waals surface area contributed by atoms with Crippen LogP contribution in [0.15, 0.2) is 59.5 Å². The fraction of sp³-hybridized carbons (Fsp3) is 0.500. The van der Waals surface area contributed by atoms with Crippen LogP contribution in [0.25, 0.3) is 0 Å². The van der Waals surface area contributed by atoms with Crippen LogP contribution in [0.3, 0.4) is 0 Å². The molecule has 3 rings (SSSR count). The number of sulfonamides is 1. The summed E-state index contributed by atoms with van der Waals surface area (Å²) in [5.74, 6) is -0.0573. The SMILES string of the molecule is CC(C)CN(C[C@H](OC(=O)NCCN)[C@@H](Cc1ccccc1)NC(=O)O[C@H]1CCOC1)S(=O)(=O)c1ccc(N)cc1. The molecule has 0 aromatic heterocycles. The summed E-state index contributed by atoms with van der Waals surface area (Å²) >= 11 is 0. The quantitative estimate of drug-likeness (QED) is 0.240. The number of alkyl carbamates (subject to hydrolysis) is 2. The first-order chi connectivity index (χ1) is 19.6. The van der Waals surface area contributed by atoms with Gasteiger partial charge in [0.1, 0.15) is 12.2 Å². The lowest BCUT2D eigenvalue weighted by Crippen LogP contribution is -2.54. The number of nitrogens with two attached hydrogens (primary N) is 2. The van der Waals surface area contributed by atoms with Crippen LogP contribution in [0.2, 0.25) is 0 Å². The normalized spacial score (nSPS) is 16.8. The van der Waals surface area contributed by atoms with Gasteiger partial charge in [0.05, 0.1) is 30.7 Å². The molecule has 1 aliphatic heterocycles. The van der Waals surface area contributed by atoms with Gasteiger partial charge in [-0.15, -0.1) is 0 Å². The number of amides is 2. The standard InChI is InChI=1S/C28H41N5O7S/c1-20(2)17-33(41(36,37)24-10-8-22(30)9-11-24)18-26(40-27(34)31-14-13-29)25(16-21-6-4-3-5-7-21)32-28(35)39-23-12-15-38-19-23/h3-11,20,23,25-26H,12-19,29-30H2,1-2H3,(H,31,34)(H,32,35)/t23-,25+,26-/m0/s1. The van der Waals surface area contributed by atoms with Crippen LogP contribution in [0.4, 0.5) is 15.3 Å². The van der Waals surface area contributed by atoms with Crippen LogP contribution in [-0.4, -0.2) is 82.6 Å². The second-order valence-corrected chi connectivity index (χ2v) is 12.2. The number of ether oxygens (including phenoxy) is 3. The molecule has 2 amide bonds. The van der Waals surface area contributed by atoms with Gasteiger partial charge in [-0.3, -0.25) is 0 Å². The van der Waals surface area contributed by atoms with Crippen LogP contribution >= 0.6 is 0 Å². The van der Waals surface area contributed by atoms with E-state index in [1.807, 2.05) is 44.2 Å². The molecule has 0 saturated carbocycles. The molecule has 0 bridgehead atoms. The van der Waals surface area contributed by atoms with Gasteiger partial charge in [-0.05, 0) is 42.2 Å². The van der Waals surface area contributed by atoms with E-state index in [1.54, 1.807) is 0 Å². The van der Waals surface area contributed by atoms with Crippen molar-refractivity contribution in [2.45, 2.75) is 49.8 Å². The highest BCUT2D eigenvalue weighted by atomic mass is 32.2. The highest BCUT2D eigenvalue weighted by Gasteiger charge is 2.35. The van der Waals surface area contributed by atoms with Crippen LogP contribution in [0.1, 0.15) is 25.8 Å². The van der Waals surface area contributed by atoms with Gasteiger partial charge in [0.2, 0.25) is 10.0 Å². The molecule has 3 atom stereocenters. The molecule has 1 aliphatic rings. The second kappa shape index (κ2) is 15.6. The third-order valence-corrected chi connectivity index (χ3v) is 8.20. The molecule has 0 spiro atoms. The van der Waals surface area contributed by atoms with Crippen molar-refractivity contribution in [3.8, 4) is 0 Å². The summed E-state index contributed by atoms with van der Waals surface area (Å²) in [7, 11) is -4.03. The van der Waals surface area contributed by atoms with Gasteiger partial charge in [0.15, 0.2) is 0 Å². The smallest absolute Gasteiger partial charge is 0.407 e. The number of anilines is 1. The predicted octanol–water partition coefficient (Wildman–Crippen LogP) is 2.10. The van der Waals surface area contributed by atoms with Crippen molar-refractivity contribution in [2.75, 3.05) is 45.1 Å². The first-order valence-electron chi connectivity index (χ1n) is 13.7. The maximum Gasteiger partial charge on any atom is 0.407 e. The largest absolute Gasteiger partial charge is 0.444 e. The van der Waals surface area contributed by atoms with E-state index in [0.29, 0.717) is 25.3 Å². The number of carbonyl (C=O) groups excluding carboxylic acids is 2. The van der Waals surface area contributed by atoms with Gasteiger partial charge in [0, 0.05) is 31.7 Å². The maximum absolute atomic E-state index is 13.8. The Bertz CT molecular complexity index is 1210. The van der Waals surface area contributed by atoms with E-state index in [1.165, 1.54) is 28.6 Å². The zero-order valence-electron chi connectivity index (χ0n) is 23.5. The van der Waals surface area contributed by atoms with Crippen LogP contribution in [-0.2, 0) is 30.7 Å². The van der Waals surface area contributed by atoms with Crippen molar-refractivity contribution >= 4 is 27.9 Å². The molecule has 2 aromatic rings. The minimum absolute atomic E-state index is 0.0481. The lowest BCUT2D eigenvalue weighted by Gasteiger charge is -2.33. The van der Waals surface area contributed by atoms with Gasteiger partial charge in [-0.2, -0.15) is 4.31 Å². The average molecular weight is 592 g/mol. The van der Waals surface area contributed by atoms with Crippen LogP contribution in [0, 0.1) is 5.92 Å². The number of nitrogens with one attached hydrogen (secondary N) is 2. The van der Waals surface area contributed by atoms with Crippen LogP contribution in [0.5, 0.6) is 0 Å². The van der Waals surface area contributed by atoms with Crippen molar-refractivity contribution in [3.63, 3.8) is 0 Å². The lowest BCUT2D eigenvalue weighted by molar-refractivity contribution is 0.0480. The minimum atomic E-state index is -4.03. The third-order valence-electron chi connectivity index (χ3n) is 6.35. The molecule has 41 heavy (non-hydrogen) atoms. The molecule has 1 saturated heterocycles. The fourth-order valence-corrected chi connectivity index (χ4v) is 5.97. The van der Waals surface area contributed by atoms with Gasteiger partial charge in [-0.25, -0.2) is 18.0 Å². The van der Waals surface area contributed by atoms with E-state index >= 15 is 0 Å². The fourth-order valence-electron chi connectivity index (χ4n) is 4.35. The van der Waals surface area contributed by atoms with E-state index in [9.17, 15) is 18.0 Å². The van der Waals surface area contributed by atoms with Crippen molar-refractivity contribution in [3.05, 3.63) is 60.2 Å². The van der Waals surface area contributed by atoms with Crippen molar-refractivity contribution in [2.24, 2.45) is 11.7 Å². The summed E-state index contributed by atoms with van der Waals surface area (Å²) in [6, 6.07) is 14.3. The topological polar surface area (TPSA) is 175 Å². The van der Waals surface area contributed by atoms with Gasteiger partial charge in [0.25, 0.3) is 0 Å². The molecule has 1 heterocycles. The monoisotopic (exact) mass is 591 g/mol. The number of nitrogen functional groups attached to an aromatic ring is 1. The molecule has 12 nitrogen and oxygen atoms in total. The Morgan fingerprint density at radius 2 is 1.78 bits per heavy atom. The molecule has 1 fully saturated rings. The second-order valence-electron chi connectivity index (χ2n) is 10.3. The molecule has 2 aromatic carbocycles. The Balaban J connectivity index is 1.96. The van der Waals surface area contributed by atoms with E-state index in [0.717, 1.165) is 5.56 Å². The van der Waals surface area contributed by atoms with Gasteiger partial charge >= 0.3 is 12.2 Å². The Kier molecular flexibility index (Phi) is 12.2. The summed E-state index contributed by atoms with van der Waals surface area (Å²) in [6.07, 6.45) is -2.18. The molecule has 226 valence electrons. The summed E-state index contributed by atoms with van der Waals surface area (Å²) in [6.45, 7) is 4.81. The maximum atomic E-state index is 13.8. The van der Waals surface area contributed by atoms with Crippen LogP contribution < -0.4 is 22.1 Å². The highest BCUT2D eigenvalue weighted by molar-refractivity contribution is 7.89. The summed E-state index contributed by atoms with van der Waals surface area (Å²) < 4.78 is 45.5. The molecule has 13 heteroatoms. The predicted molar refractivity (Wildman–Crippen MR) is 155 cm³/mol. The van der Waals surface area contributed by atoms with Gasteiger partial charge < -0.3 is 36.3 Å². The number of hydrogen-bond donors (Lipinski definition) is 4. The van der Waals surface area contributed by atoms with Gasteiger partial charge in [-0.1, -0.05) is 44.2 Å². The zero-order chi connectivity index (χ0) is 29.8. The van der Waals surface area contributed by atoms with E-state index in [4.69, 9.17) is 25.7 Å². The summed E-state index contributed by atoms with van der Waals surface area (Å²) in [5.41, 5.74) is 12.6. The number of nitrogens with zero attached hydrogens (tertiary/aromatic N) is 1. The number of carbonyl (C=O) groups is 2. The molecule has 6 N–H and O–H groups in total. The first-order valence-corrected chi connectivity index (χ1v) is 15.1. The summed E-state index contributed by atoms with van der Waals surface area (Å²) in [5, 5.41) is 5.38. The third kappa shape index (κ3) is 10.2. The molecular formula is C28H41N5O7S. The van der Waals surface area contributed by atoms with E-state index in [2.05, 4.69) is 10.6 Å². The Labute approximate surface area is 241 Å². The van der Waals surface area contributed by atoms with E-state index < -0.39 is 40.5 Å².